The molecule has 0 bridgehead atoms. The zero-order valence-electron chi connectivity index (χ0n) is 34.9. The van der Waals surface area contributed by atoms with Gasteiger partial charge < -0.3 is 28.2 Å². The molecule has 62 heavy (non-hydrogen) atoms. The van der Waals surface area contributed by atoms with Gasteiger partial charge in [-0.3, -0.25) is 0 Å². The summed E-state index contributed by atoms with van der Waals surface area (Å²) in [6.07, 6.45) is 1.83. The van der Waals surface area contributed by atoms with Crippen molar-refractivity contribution in [2.75, 3.05) is 9.80 Å². The van der Waals surface area contributed by atoms with Gasteiger partial charge in [-0.2, -0.15) is 12.1 Å². The van der Waals surface area contributed by atoms with Crippen LogP contribution in [0.4, 0.5) is 22.7 Å². The molecule has 0 saturated heterocycles. The van der Waals surface area contributed by atoms with E-state index >= 15 is 0 Å². The van der Waals surface area contributed by atoms with Gasteiger partial charge in [0.25, 0.3) is 0 Å². The van der Waals surface area contributed by atoms with Gasteiger partial charge in [0.2, 0.25) is 0 Å². The minimum absolute atomic E-state index is 0. The van der Waals surface area contributed by atoms with Crippen LogP contribution in [0.15, 0.2) is 152 Å². The molecule has 0 radical (unpaired) electrons. The summed E-state index contributed by atoms with van der Waals surface area (Å²) in [7, 11) is 4.37. The Morgan fingerprint density at radius 1 is 0.548 bits per heavy atom. The third-order valence-corrected chi connectivity index (χ3v) is 12.5. The quantitative estimate of drug-likeness (QED) is 0.161. The second kappa shape index (κ2) is 14.1. The maximum atomic E-state index is 6.66. The van der Waals surface area contributed by atoms with Crippen LogP contribution in [0.5, 0.6) is 11.5 Å². The summed E-state index contributed by atoms with van der Waals surface area (Å²) in [4.78, 5) is 9.34. The Balaban J connectivity index is 0.00000432. The Morgan fingerprint density at radius 2 is 1.19 bits per heavy atom. The number of benzene rings is 7. The molecule has 0 amide bonds. The summed E-state index contributed by atoms with van der Waals surface area (Å²) in [5.74, 6) is 2.03. The van der Waals surface area contributed by atoms with Crippen LogP contribution in [-0.2, 0) is 40.6 Å². The smallest absolute Gasteiger partial charge is 0.135 e. The normalized spacial score (nSPS) is 13.0. The summed E-state index contributed by atoms with van der Waals surface area (Å²) >= 11 is 0. The van der Waals surface area contributed by atoms with Crippen LogP contribution in [0.3, 0.4) is 0 Å². The molecule has 12 rings (SSSR count). The Bertz CT molecular complexity index is 3480. The van der Waals surface area contributed by atoms with Crippen molar-refractivity contribution >= 4 is 88.2 Å². The van der Waals surface area contributed by atoms with Gasteiger partial charge in [-0.15, -0.1) is 48.1 Å². The van der Waals surface area contributed by atoms with E-state index in [0.29, 0.717) is 11.5 Å². The Morgan fingerprint density at radius 3 is 1.87 bits per heavy atom. The molecule has 0 fully saturated rings. The maximum absolute atomic E-state index is 6.66. The second-order valence-electron chi connectivity index (χ2n) is 17.1. The average molecular weight is 985 g/mol. The van der Waals surface area contributed by atoms with Gasteiger partial charge in [0.15, 0.2) is 0 Å². The topological polar surface area (TPSA) is 43.4 Å². The number of nitrogens with zero attached hydrogens (tertiary/aromatic N) is 6. The van der Waals surface area contributed by atoms with E-state index in [9.17, 15) is 0 Å². The van der Waals surface area contributed by atoms with Crippen molar-refractivity contribution in [1.82, 2.24) is 18.7 Å². The van der Waals surface area contributed by atoms with E-state index < -0.39 is 0 Å². The molecule has 8 heteroatoms. The van der Waals surface area contributed by atoms with E-state index in [-0.39, 0.29) is 26.5 Å². The van der Waals surface area contributed by atoms with Crippen molar-refractivity contribution in [3.05, 3.63) is 176 Å². The Hall–Kier alpha value is -6.82. The van der Waals surface area contributed by atoms with E-state index in [1.54, 1.807) is 0 Å². The number of hydrogen-bond acceptors (Lipinski definition) is 4. The summed E-state index contributed by atoms with van der Waals surface area (Å²) in [6, 6.07) is 58.6. The summed E-state index contributed by atoms with van der Waals surface area (Å²) in [5, 5.41) is 7.20. The van der Waals surface area contributed by atoms with Crippen LogP contribution < -0.4 is 14.5 Å². The number of hydrogen-bond donors (Lipinski definition) is 0. The first-order chi connectivity index (χ1) is 29.7. The van der Waals surface area contributed by atoms with Crippen LogP contribution in [0.25, 0.3) is 71.2 Å². The molecule has 11 aromatic rings. The van der Waals surface area contributed by atoms with Crippen LogP contribution in [0, 0.1) is 18.8 Å². The van der Waals surface area contributed by atoms with Crippen molar-refractivity contribution in [2.24, 2.45) is 14.1 Å². The van der Waals surface area contributed by atoms with Gasteiger partial charge in [-0.05, 0) is 64.9 Å². The van der Waals surface area contributed by atoms with Gasteiger partial charge in [0.1, 0.15) is 5.82 Å². The van der Waals surface area contributed by atoms with Gasteiger partial charge >= 0.3 is 0 Å². The Kier molecular flexibility index (Phi) is 8.68. The standard InChI is InChI=1S/C54H41N6O.Pt/c1-54(2,3)34-24-27-46-41(29-34)40-26-25-37(31-49(40)60(46)50-23-12-13-28-55-50)61-36-16-14-15-35(30-36)58-33-59(48-22-11-10-21-47(48)58)53-51-42(38-17-6-8-19-44(38)56(51)4)32-43-39-18-7-9-20-45(39)57(5)52(43)53;/h6-29,32-33H,1-5H3;/q-3;. The minimum Gasteiger partial charge on any atom is -0.509 e. The third-order valence-electron chi connectivity index (χ3n) is 12.5. The summed E-state index contributed by atoms with van der Waals surface area (Å²) in [6.45, 7) is 8.96. The average Bonchev–Trinajstić information content (AvgIpc) is 4.00. The first-order valence-corrected chi connectivity index (χ1v) is 20.8. The summed E-state index contributed by atoms with van der Waals surface area (Å²) in [5.41, 5.74) is 12.2. The maximum Gasteiger partial charge on any atom is 0.135 e. The number of ether oxygens (including phenoxy) is 1. The van der Waals surface area contributed by atoms with Crippen molar-refractivity contribution in [3.8, 4) is 17.3 Å². The molecule has 0 spiro atoms. The molecule has 0 atom stereocenters. The molecule has 0 N–H and O–H groups in total. The third kappa shape index (κ3) is 5.64. The molecule has 0 unspecified atom stereocenters. The van der Waals surface area contributed by atoms with Crippen molar-refractivity contribution < 1.29 is 25.8 Å². The van der Waals surface area contributed by atoms with E-state index in [4.69, 9.17) is 9.72 Å². The van der Waals surface area contributed by atoms with Crippen LogP contribution in [0.2, 0.25) is 0 Å². The monoisotopic (exact) mass is 984 g/mol. The zero-order chi connectivity index (χ0) is 41.1. The molecule has 1 aliphatic heterocycles. The van der Waals surface area contributed by atoms with Crippen molar-refractivity contribution in [2.45, 2.75) is 26.2 Å². The molecule has 306 valence electrons. The van der Waals surface area contributed by atoms with E-state index in [1.165, 1.54) is 49.2 Å². The molecule has 7 nitrogen and oxygen atoms in total. The predicted octanol–water partition coefficient (Wildman–Crippen LogP) is 13.6. The van der Waals surface area contributed by atoms with Gasteiger partial charge in [0, 0.05) is 102 Å². The number of aromatic nitrogens is 4. The molecule has 4 aromatic heterocycles. The van der Waals surface area contributed by atoms with Crippen LogP contribution >= 0.6 is 0 Å². The number of rotatable bonds is 5. The van der Waals surface area contributed by atoms with Gasteiger partial charge in [0.05, 0.1) is 16.7 Å². The molecular formula is C54H41N6OPt-3. The zero-order valence-corrected chi connectivity index (χ0v) is 37.2. The van der Waals surface area contributed by atoms with E-state index in [2.05, 4.69) is 186 Å². The second-order valence-corrected chi connectivity index (χ2v) is 17.1. The molecular weight excluding hydrogens is 944 g/mol. The van der Waals surface area contributed by atoms with E-state index in [0.717, 1.165) is 50.4 Å². The molecule has 0 saturated carbocycles. The number of para-hydroxylation sites is 4. The Labute approximate surface area is 374 Å². The number of fused-ring (bicyclic) bond motifs is 10. The molecule has 7 aromatic carbocycles. The van der Waals surface area contributed by atoms with Crippen LogP contribution in [0.1, 0.15) is 26.3 Å². The SMILES string of the molecule is Cn1c2ccccc2c2cc3c4ccccc4n(C)c3c(N3[CH-]N(c4[c-]c(Oc5[c-]c6c(cc5)c5cc(C(C)(C)C)ccc5n6-c5ccccn5)ccc4)c4ccccc43)c21.[Pt]. The van der Waals surface area contributed by atoms with Crippen LogP contribution in [-0.4, -0.2) is 18.7 Å². The van der Waals surface area contributed by atoms with Crippen molar-refractivity contribution in [1.29, 1.82) is 0 Å². The van der Waals surface area contributed by atoms with Gasteiger partial charge in [-0.1, -0.05) is 93.0 Å². The van der Waals surface area contributed by atoms with Gasteiger partial charge in [-0.25, -0.2) is 4.98 Å². The summed E-state index contributed by atoms with van der Waals surface area (Å²) < 4.78 is 13.5. The number of aryl methyl sites for hydroxylation is 2. The largest absolute Gasteiger partial charge is 0.509 e. The number of anilines is 4. The fourth-order valence-corrected chi connectivity index (χ4v) is 9.61. The molecule has 0 aliphatic carbocycles. The fourth-order valence-electron chi connectivity index (χ4n) is 9.61. The van der Waals surface area contributed by atoms with Crippen molar-refractivity contribution in [3.63, 3.8) is 0 Å². The predicted molar refractivity (Wildman–Crippen MR) is 251 cm³/mol. The molecule has 5 heterocycles. The molecule has 1 aliphatic rings. The first kappa shape index (κ1) is 38.1. The first-order valence-electron chi connectivity index (χ1n) is 20.8. The number of pyridine rings is 1. The minimum atomic E-state index is 0. The fraction of sp³-hybridized carbons (Fsp3) is 0.111. The van der Waals surface area contributed by atoms with E-state index in [1.807, 2.05) is 42.6 Å².